The Morgan fingerprint density at radius 3 is 2.46 bits per heavy atom. The van der Waals surface area contributed by atoms with Crippen LogP contribution in [0.2, 0.25) is 0 Å². The summed E-state index contributed by atoms with van der Waals surface area (Å²) in [6.07, 6.45) is -4.63. The summed E-state index contributed by atoms with van der Waals surface area (Å²) in [4.78, 5) is 25.9. The minimum Gasteiger partial charge on any atom is -0.486 e. The van der Waals surface area contributed by atoms with Crippen molar-refractivity contribution in [3.8, 4) is 11.5 Å². The monoisotopic (exact) mass is 346 g/mol. The average molecular weight is 346 g/mol. The molecule has 0 bridgehead atoms. The van der Waals surface area contributed by atoms with Gasteiger partial charge in [-0.2, -0.15) is 13.2 Å². The Kier molecular flexibility index (Phi) is 5.20. The van der Waals surface area contributed by atoms with Crippen LogP contribution in [0.25, 0.3) is 0 Å². The van der Waals surface area contributed by atoms with Crippen molar-refractivity contribution in [1.29, 1.82) is 0 Å². The lowest BCUT2D eigenvalue weighted by Crippen LogP contribution is -2.45. The highest BCUT2D eigenvalue weighted by molar-refractivity contribution is 5.99. The van der Waals surface area contributed by atoms with Crippen molar-refractivity contribution in [3.05, 3.63) is 23.8 Å². The maximum atomic E-state index is 12.8. The second-order valence-electron chi connectivity index (χ2n) is 5.39. The van der Waals surface area contributed by atoms with E-state index >= 15 is 0 Å². The first-order valence-corrected chi connectivity index (χ1v) is 7.14. The van der Waals surface area contributed by atoms with Crippen molar-refractivity contribution in [2.45, 2.75) is 6.18 Å². The first-order chi connectivity index (χ1) is 11.2. The number of ether oxygens (including phenoxy) is 2. The van der Waals surface area contributed by atoms with Crippen LogP contribution in [0.15, 0.2) is 18.2 Å². The molecule has 0 saturated carbocycles. The molecule has 1 heterocycles. The third-order valence-corrected chi connectivity index (χ3v) is 3.28. The van der Waals surface area contributed by atoms with Crippen molar-refractivity contribution < 1.29 is 32.2 Å². The van der Waals surface area contributed by atoms with Gasteiger partial charge < -0.3 is 19.3 Å². The van der Waals surface area contributed by atoms with Gasteiger partial charge in [-0.25, -0.2) is 0 Å². The summed E-state index contributed by atoms with van der Waals surface area (Å²) >= 11 is 0. The molecule has 0 aliphatic carbocycles. The predicted molar refractivity (Wildman–Crippen MR) is 78.1 cm³/mol. The second-order valence-corrected chi connectivity index (χ2v) is 5.39. The van der Waals surface area contributed by atoms with Crippen molar-refractivity contribution in [2.75, 3.05) is 40.4 Å². The number of para-hydroxylation sites is 1. The topological polar surface area (TPSA) is 59.1 Å². The molecular formula is C15H17F3N2O4. The van der Waals surface area contributed by atoms with E-state index in [9.17, 15) is 22.8 Å². The van der Waals surface area contributed by atoms with E-state index in [1.165, 1.54) is 26.2 Å². The molecular weight excluding hydrogens is 329 g/mol. The molecule has 24 heavy (non-hydrogen) atoms. The van der Waals surface area contributed by atoms with E-state index in [-0.39, 0.29) is 30.3 Å². The maximum Gasteiger partial charge on any atom is 0.406 e. The fourth-order valence-electron chi connectivity index (χ4n) is 2.13. The zero-order valence-corrected chi connectivity index (χ0v) is 13.2. The maximum absolute atomic E-state index is 12.8. The Hall–Kier alpha value is -2.45. The summed E-state index contributed by atoms with van der Waals surface area (Å²) in [7, 11) is 2.81. The molecule has 0 radical (unpaired) electrons. The summed E-state index contributed by atoms with van der Waals surface area (Å²) in [5.74, 6) is -1.17. The van der Waals surface area contributed by atoms with Gasteiger partial charge in [-0.3, -0.25) is 9.59 Å². The van der Waals surface area contributed by atoms with Crippen LogP contribution < -0.4 is 9.47 Å². The van der Waals surface area contributed by atoms with Gasteiger partial charge in [0.15, 0.2) is 11.5 Å². The molecule has 1 aromatic rings. The fraction of sp³-hybridized carbons (Fsp3) is 0.467. The lowest BCUT2D eigenvalue weighted by atomic mass is 10.1. The van der Waals surface area contributed by atoms with Crippen molar-refractivity contribution in [2.24, 2.45) is 0 Å². The molecule has 0 N–H and O–H groups in total. The van der Waals surface area contributed by atoms with Crippen LogP contribution in [-0.4, -0.2) is 68.2 Å². The molecule has 0 saturated heterocycles. The Labute approximate surface area is 136 Å². The molecule has 2 rings (SSSR count). The van der Waals surface area contributed by atoms with E-state index < -0.39 is 31.1 Å². The van der Waals surface area contributed by atoms with E-state index in [1.807, 2.05) is 0 Å². The third-order valence-electron chi connectivity index (χ3n) is 3.28. The molecule has 9 heteroatoms. The Morgan fingerprint density at radius 1 is 1.17 bits per heavy atom. The Morgan fingerprint density at radius 2 is 1.83 bits per heavy atom. The van der Waals surface area contributed by atoms with Crippen LogP contribution in [-0.2, 0) is 4.79 Å². The van der Waals surface area contributed by atoms with Crippen molar-refractivity contribution in [3.63, 3.8) is 0 Å². The smallest absolute Gasteiger partial charge is 0.406 e. The van der Waals surface area contributed by atoms with E-state index in [0.717, 1.165) is 4.90 Å². The van der Waals surface area contributed by atoms with E-state index in [4.69, 9.17) is 9.47 Å². The van der Waals surface area contributed by atoms with Crippen molar-refractivity contribution >= 4 is 11.8 Å². The molecule has 0 unspecified atom stereocenters. The number of likely N-dealkylation sites (N-methyl/N-ethyl adjacent to an activating group) is 1. The summed E-state index contributed by atoms with van der Waals surface area (Å²) < 4.78 is 49.1. The number of nitrogens with zero attached hydrogens (tertiary/aromatic N) is 2. The van der Waals surface area contributed by atoms with Crippen LogP contribution >= 0.6 is 0 Å². The number of carbonyl (C=O) groups excluding carboxylic acids is 2. The van der Waals surface area contributed by atoms with Gasteiger partial charge in [0.25, 0.3) is 5.91 Å². The molecule has 1 aliphatic heterocycles. The van der Waals surface area contributed by atoms with E-state index in [1.54, 1.807) is 6.07 Å². The highest BCUT2D eigenvalue weighted by Crippen LogP contribution is 2.34. The largest absolute Gasteiger partial charge is 0.486 e. The van der Waals surface area contributed by atoms with Gasteiger partial charge in [-0.15, -0.1) is 0 Å². The molecule has 0 fully saturated rings. The molecule has 0 spiro atoms. The summed E-state index contributed by atoms with van der Waals surface area (Å²) in [6, 6.07) is 4.39. The lowest BCUT2D eigenvalue weighted by molar-refractivity contribution is -0.146. The van der Waals surface area contributed by atoms with Crippen LogP contribution in [0.5, 0.6) is 11.5 Å². The highest BCUT2D eigenvalue weighted by Gasteiger charge is 2.36. The number of halogens is 3. The average Bonchev–Trinajstić information content (AvgIpc) is 2.51. The van der Waals surface area contributed by atoms with Crippen molar-refractivity contribution in [1.82, 2.24) is 9.80 Å². The third kappa shape index (κ3) is 4.30. The van der Waals surface area contributed by atoms with Gasteiger partial charge in [0.05, 0.1) is 5.56 Å². The predicted octanol–water partition coefficient (Wildman–Crippen LogP) is 1.55. The summed E-state index contributed by atoms with van der Waals surface area (Å²) in [5.41, 5.74) is -0.0667. The number of hydrogen-bond donors (Lipinski definition) is 0. The molecule has 1 aliphatic rings. The van der Waals surface area contributed by atoms with Crippen LogP contribution in [0.4, 0.5) is 13.2 Å². The Balaban J connectivity index is 2.32. The molecule has 1 aromatic carbocycles. The number of alkyl halides is 3. The van der Waals surface area contributed by atoms with Gasteiger partial charge in [0.1, 0.15) is 26.3 Å². The number of benzene rings is 1. The number of amides is 2. The van der Waals surface area contributed by atoms with Crippen LogP contribution in [0.3, 0.4) is 0 Å². The zero-order chi connectivity index (χ0) is 17.9. The van der Waals surface area contributed by atoms with Crippen LogP contribution in [0, 0.1) is 0 Å². The van der Waals surface area contributed by atoms with Gasteiger partial charge in [0.2, 0.25) is 5.91 Å². The molecule has 0 atom stereocenters. The van der Waals surface area contributed by atoms with Gasteiger partial charge >= 0.3 is 6.18 Å². The van der Waals surface area contributed by atoms with Crippen LogP contribution in [0.1, 0.15) is 10.4 Å². The standard InChI is InChI=1S/C15H17F3N2O4/c1-19(2)12(21)8-20(9-15(16,17)18)14(22)10-4-3-5-11-13(10)24-7-6-23-11/h3-5H,6-9H2,1-2H3. The van der Waals surface area contributed by atoms with Gasteiger partial charge in [-0.1, -0.05) is 6.07 Å². The fourth-order valence-corrected chi connectivity index (χ4v) is 2.13. The van der Waals surface area contributed by atoms with E-state index in [2.05, 4.69) is 0 Å². The molecule has 6 nitrogen and oxygen atoms in total. The highest BCUT2D eigenvalue weighted by atomic mass is 19.4. The molecule has 2 amide bonds. The first-order valence-electron chi connectivity index (χ1n) is 7.14. The quantitative estimate of drug-likeness (QED) is 0.830. The van der Waals surface area contributed by atoms with Gasteiger partial charge in [-0.05, 0) is 12.1 Å². The minimum atomic E-state index is -4.63. The lowest BCUT2D eigenvalue weighted by Gasteiger charge is -2.27. The summed E-state index contributed by atoms with van der Waals surface area (Å²) in [5, 5.41) is 0. The number of fused-ring (bicyclic) bond motifs is 1. The number of hydrogen-bond acceptors (Lipinski definition) is 4. The number of carbonyl (C=O) groups is 2. The van der Waals surface area contributed by atoms with E-state index in [0.29, 0.717) is 4.90 Å². The number of rotatable bonds is 4. The molecule has 132 valence electrons. The van der Waals surface area contributed by atoms with Gasteiger partial charge in [0, 0.05) is 14.1 Å². The minimum absolute atomic E-state index is 0.0667. The normalized spacial score (nSPS) is 13.4. The molecule has 0 aromatic heterocycles. The Bertz CT molecular complexity index is 632. The SMILES string of the molecule is CN(C)C(=O)CN(CC(F)(F)F)C(=O)c1cccc2c1OCCO2. The first kappa shape index (κ1) is 17.9. The summed E-state index contributed by atoms with van der Waals surface area (Å²) in [6.45, 7) is -1.74. The second kappa shape index (κ2) is 6.98. The zero-order valence-electron chi connectivity index (χ0n) is 13.2.